The number of ether oxygens (including phenoxy) is 3. The van der Waals surface area contributed by atoms with Gasteiger partial charge in [-0.25, -0.2) is 0 Å². The van der Waals surface area contributed by atoms with Crippen molar-refractivity contribution >= 4 is 0 Å². The van der Waals surface area contributed by atoms with Gasteiger partial charge in [-0.2, -0.15) is 0 Å². The first kappa shape index (κ1) is 24.2. The van der Waals surface area contributed by atoms with Crippen LogP contribution < -0.4 is 0 Å². The monoisotopic (exact) mass is 473 g/mol. The summed E-state index contributed by atoms with van der Waals surface area (Å²) in [5.74, 6) is 0. The number of benzene rings is 3. The van der Waals surface area contributed by atoms with E-state index in [9.17, 15) is 5.11 Å². The fourth-order valence-electron chi connectivity index (χ4n) is 5.42. The number of rotatable bonds is 10. The molecule has 0 radical (unpaired) electrons. The van der Waals surface area contributed by atoms with Crippen LogP contribution >= 0.6 is 0 Å². The van der Waals surface area contributed by atoms with Crippen molar-refractivity contribution in [2.45, 2.75) is 63.1 Å². The molecule has 0 spiro atoms. The van der Waals surface area contributed by atoms with Crippen molar-refractivity contribution in [2.75, 3.05) is 13.2 Å². The fourth-order valence-corrected chi connectivity index (χ4v) is 5.42. The third-order valence-electron chi connectivity index (χ3n) is 7.13. The lowest BCUT2D eigenvalue weighted by molar-refractivity contribution is -0.0967. The zero-order chi connectivity index (χ0) is 23.9. The molecular formula is C30H35NO4. The third-order valence-corrected chi connectivity index (χ3v) is 7.13. The molecule has 5 nitrogen and oxygen atoms in total. The summed E-state index contributed by atoms with van der Waals surface area (Å²) >= 11 is 0. The van der Waals surface area contributed by atoms with Gasteiger partial charge in [0.25, 0.3) is 0 Å². The first-order valence-electron chi connectivity index (χ1n) is 12.7. The molecule has 0 aliphatic carbocycles. The van der Waals surface area contributed by atoms with E-state index in [0.29, 0.717) is 26.4 Å². The fraction of sp³-hybridized carbons (Fsp3) is 0.400. The number of hydrogen-bond donors (Lipinski definition) is 1. The molecule has 3 aromatic carbocycles. The van der Waals surface area contributed by atoms with E-state index in [4.69, 9.17) is 14.2 Å². The molecule has 0 amide bonds. The van der Waals surface area contributed by atoms with Crippen molar-refractivity contribution in [3.63, 3.8) is 0 Å². The van der Waals surface area contributed by atoms with Gasteiger partial charge in [-0.3, -0.25) is 4.90 Å². The Labute approximate surface area is 208 Å². The van der Waals surface area contributed by atoms with Crippen LogP contribution in [0.5, 0.6) is 0 Å². The van der Waals surface area contributed by atoms with Gasteiger partial charge in [-0.05, 0) is 36.1 Å². The topological polar surface area (TPSA) is 51.2 Å². The van der Waals surface area contributed by atoms with Gasteiger partial charge in [-0.1, -0.05) is 91.0 Å². The Morgan fingerprint density at radius 3 is 1.77 bits per heavy atom. The predicted octanol–water partition coefficient (Wildman–Crippen LogP) is 4.58. The number of aliphatic hydroxyl groups is 1. The van der Waals surface area contributed by atoms with Crippen LogP contribution in [-0.2, 0) is 34.0 Å². The normalized spacial score (nSPS) is 26.5. The summed E-state index contributed by atoms with van der Waals surface area (Å²) in [6, 6.07) is 30.6. The average molecular weight is 474 g/mol. The number of fused-ring (bicyclic) bond motifs is 1. The highest BCUT2D eigenvalue weighted by atomic mass is 16.5. The summed E-state index contributed by atoms with van der Waals surface area (Å²) in [5.41, 5.74) is 3.40. The molecule has 184 valence electrons. The van der Waals surface area contributed by atoms with Gasteiger partial charge in [-0.15, -0.1) is 0 Å². The smallest absolute Gasteiger partial charge is 0.104 e. The summed E-state index contributed by atoms with van der Waals surface area (Å²) in [5, 5.41) is 11.1. The molecule has 5 heteroatoms. The first-order chi connectivity index (χ1) is 17.3. The average Bonchev–Trinajstić information content (AvgIpc) is 3.21. The van der Waals surface area contributed by atoms with Crippen LogP contribution in [0.1, 0.15) is 29.5 Å². The number of nitrogens with zero attached hydrogens (tertiary/aromatic N) is 1. The highest BCUT2D eigenvalue weighted by Gasteiger charge is 2.54. The molecule has 0 unspecified atom stereocenters. The van der Waals surface area contributed by atoms with Crippen LogP contribution in [0.4, 0.5) is 0 Å². The van der Waals surface area contributed by atoms with Crippen LogP contribution in [0.15, 0.2) is 91.0 Å². The van der Waals surface area contributed by atoms with E-state index in [2.05, 4.69) is 41.3 Å². The van der Waals surface area contributed by atoms with Gasteiger partial charge in [0.1, 0.15) is 12.2 Å². The second-order valence-electron chi connectivity index (χ2n) is 9.53. The molecule has 5 atom stereocenters. The van der Waals surface area contributed by atoms with Crippen LogP contribution in [-0.4, -0.2) is 53.6 Å². The lowest BCUT2D eigenvalue weighted by atomic mass is 9.96. The largest absolute Gasteiger partial charge is 0.391 e. The maximum Gasteiger partial charge on any atom is 0.104 e. The minimum Gasteiger partial charge on any atom is -0.391 e. The molecule has 0 aromatic heterocycles. The number of piperidine rings is 1. The lowest BCUT2D eigenvalue weighted by Crippen LogP contribution is -2.51. The maximum absolute atomic E-state index is 11.1. The summed E-state index contributed by atoms with van der Waals surface area (Å²) in [7, 11) is 0. The van der Waals surface area contributed by atoms with E-state index in [1.807, 2.05) is 54.6 Å². The molecule has 2 heterocycles. The summed E-state index contributed by atoms with van der Waals surface area (Å²) in [6.45, 7) is 2.99. The molecule has 1 N–H and O–H groups in total. The van der Waals surface area contributed by atoms with E-state index in [1.54, 1.807) is 0 Å². The Bertz CT molecular complexity index is 1020. The third kappa shape index (κ3) is 6.00. The summed E-state index contributed by atoms with van der Waals surface area (Å²) < 4.78 is 19.4. The van der Waals surface area contributed by atoms with E-state index in [0.717, 1.165) is 36.1 Å². The van der Waals surface area contributed by atoms with Crippen molar-refractivity contribution in [3.05, 3.63) is 108 Å². The Balaban J connectivity index is 1.35. The molecule has 35 heavy (non-hydrogen) atoms. The van der Waals surface area contributed by atoms with Gasteiger partial charge < -0.3 is 19.3 Å². The van der Waals surface area contributed by atoms with Crippen molar-refractivity contribution in [3.8, 4) is 0 Å². The highest BCUT2D eigenvalue weighted by Crippen LogP contribution is 2.37. The predicted molar refractivity (Wildman–Crippen MR) is 136 cm³/mol. The highest BCUT2D eigenvalue weighted by molar-refractivity contribution is 5.16. The molecule has 2 fully saturated rings. The van der Waals surface area contributed by atoms with Crippen LogP contribution in [0.2, 0.25) is 0 Å². The summed E-state index contributed by atoms with van der Waals surface area (Å²) in [4.78, 5) is 2.38. The molecule has 5 rings (SSSR count). The van der Waals surface area contributed by atoms with E-state index in [-0.39, 0.29) is 24.3 Å². The van der Waals surface area contributed by atoms with E-state index in [1.165, 1.54) is 0 Å². The maximum atomic E-state index is 11.1. The second-order valence-corrected chi connectivity index (χ2v) is 9.53. The number of hydrogen-bond acceptors (Lipinski definition) is 5. The standard InChI is InChI=1S/C30H35NO4/c32-27-17-10-18-31-26(22-33-19-23-11-4-1-5-12-23)29(34-20-24-13-6-2-7-14-24)30(28(27)31)35-21-25-15-8-3-9-16-25/h1-9,11-16,26-30,32H,10,17-22H2/t26-,27+,28+,29-,30-/m1/s1. The molecule has 2 saturated heterocycles. The van der Waals surface area contributed by atoms with Gasteiger partial charge in [0.15, 0.2) is 0 Å². The van der Waals surface area contributed by atoms with Crippen molar-refractivity contribution < 1.29 is 19.3 Å². The van der Waals surface area contributed by atoms with Gasteiger partial charge in [0.05, 0.1) is 44.6 Å². The zero-order valence-corrected chi connectivity index (χ0v) is 20.1. The quantitative estimate of drug-likeness (QED) is 0.467. The molecule has 2 aliphatic rings. The lowest BCUT2D eigenvalue weighted by Gasteiger charge is -2.38. The molecular weight excluding hydrogens is 438 g/mol. The van der Waals surface area contributed by atoms with E-state index >= 15 is 0 Å². The Morgan fingerprint density at radius 2 is 1.20 bits per heavy atom. The summed E-state index contributed by atoms with van der Waals surface area (Å²) in [6.07, 6.45) is 0.873. The molecule has 3 aromatic rings. The molecule has 0 bridgehead atoms. The minimum atomic E-state index is -0.438. The van der Waals surface area contributed by atoms with Gasteiger partial charge in [0.2, 0.25) is 0 Å². The SMILES string of the molecule is O[C@H]1CCCN2[C@@H]1[C@@H](OCc1ccccc1)[C@H](OCc1ccccc1)[C@H]2COCc1ccccc1. The van der Waals surface area contributed by atoms with Crippen molar-refractivity contribution in [1.82, 2.24) is 4.90 Å². The van der Waals surface area contributed by atoms with Crippen LogP contribution in [0, 0.1) is 0 Å². The number of aliphatic hydroxyl groups excluding tert-OH is 1. The van der Waals surface area contributed by atoms with E-state index < -0.39 is 6.10 Å². The molecule has 2 aliphatic heterocycles. The minimum absolute atomic E-state index is 0.0168. The Kier molecular flexibility index (Phi) is 8.24. The van der Waals surface area contributed by atoms with Crippen LogP contribution in [0.3, 0.4) is 0 Å². The molecule has 0 saturated carbocycles. The zero-order valence-electron chi connectivity index (χ0n) is 20.1. The Morgan fingerprint density at radius 1 is 0.686 bits per heavy atom. The first-order valence-corrected chi connectivity index (χ1v) is 12.7. The van der Waals surface area contributed by atoms with Gasteiger partial charge >= 0.3 is 0 Å². The Hall–Kier alpha value is -2.54. The van der Waals surface area contributed by atoms with Crippen molar-refractivity contribution in [1.29, 1.82) is 0 Å². The van der Waals surface area contributed by atoms with Crippen molar-refractivity contribution in [2.24, 2.45) is 0 Å². The van der Waals surface area contributed by atoms with Crippen LogP contribution in [0.25, 0.3) is 0 Å². The van der Waals surface area contributed by atoms with Gasteiger partial charge in [0, 0.05) is 0 Å². The second kappa shape index (κ2) is 11.9.